The zero-order valence-electron chi connectivity index (χ0n) is 12.7. The van der Waals surface area contributed by atoms with Crippen molar-refractivity contribution in [3.8, 4) is 11.4 Å². The summed E-state index contributed by atoms with van der Waals surface area (Å²) in [6.07, 6.45) is 7.83. The number of unbranched alkanes of at least 4 members (excludes halogenated alkanes) is 3. The van der Waals surface area contributed by atoms with Gasteiger partial charge < -0.3 is 11.1 Å². The number of nitrogens with zero attached hydrogens (tertiary/aromatic N) is 2. The van der Waals surface area contributed by atoms with Crippen LogP contribution >= 0.6 is 0 Å². The van der Waals surface area contributed by atoms with Gasteiger partial charge in [0.1, 0.15) is 0 Å². The zero-order chi connectivity index (χ0) is 15.6. The van der Waals surface area contributed by atoms with Crippen molar-refractivity contribution in [1.82, 2.24) is 9.97 Å². The Hall–Kier alpha value is -2.27. The largest absolute Gasteiger partial charge is 0.330 e. The van der Waals surface area contributed by atoms with E-state index in [9.17, 15) is 4.79 Å². The first-order valence-electron chi connectivity index (χ1n) is 7.67. The Bertz CT molecular complexity index is 569. The molecule has 5 heteroatoms. The number of hydrogen-bond acceptors (Lipinski definition) is 4. The van der Waals surface area contributed by atoms with Gasteiger partial charge in [-0.3, -0.25) is 4.79 Å². The first-order valence-corrected chi connectivity index (χ1v) is 7.67. The molecule has 0 saturated carbocycles. The number of carbonyl (C=O) groups is 1. The molecular weight excluding hydrogens is 276 g/mol. The van der Waals surface area contributed by atoms with E-state index in [0.717, 1.165) is 37.8 Å². The van der Waals surface area contributed by atoms with Crippen molar-refractivity contribution in [3.63, 3.8) is 0 Å². The van der Waals surface area contributed by atoms with Crippen LogP contribution in [0.1, 0.15) is 32.1 Å². The fourth-order valence-corrected chi connectivity index (χ4v) is 2.14. The monoisotopic (exact) mass is 298 g/mol. The van der Waals surface area contributed by atoms with E-state index in [1.54, 1.807) is 12.4 Å². The Kier molecular flexibility index (Phi) is 6.51. The second-order valence-electron chi connectivity index (χ2n) is 5.16. The Morgan fingerprint density at radius 2 is 1.68 bits per heavy atom. The van der Waals surface area contributed by atoms with E-state index >= 15 is 0 Å². The summed E-state index contributed by atoms with van der Waals surface area (Å²) in [5, 5.41) is 2.82. The Morgan fingerprint density at radius 3 is 2.36 bits per heavy atom. The third-order valence-electron chi connectivity index (χ3n) is 3.33. The minimum atomic E-state index is 0.00353. The van der Waals surface area contributed by atoms with Crippen LogP contribution in [0.15, 0.2) is 42.7 Å². The van der Waals surface area contributed by atoms with Gasteiger partial charge in [-0.15, -0.1) is 0 Å². The number of anilines is 1. The highest BCUT2D eigenvalue weighted by molar-refractivity contribution is 5.90. The summed E-state index contributed by atoms with van der Waals surface area (Å²) in [7, 11) is 0. The molecule has 0 saturated heterocycles. The van der Waals surface area contributed by atoms with Crippen LogP contribution in [0, 0.1) is 0 Å². The number of benzene rings is 1. The molecule has 0 aliphatic heterocycles. The average Bonchev–Trinajstić information content (AvgIpc) is 2.56. The van der Waals surface area contributed by atoms with Crippen molar-refractivity contribution < 1.29 is 4.79 Å². The Morgan fingerprint density at radius 1 is 1.00 bits per heavy atom. The highest BCUT2D eigenvalue weighted by Gasteiger charge is 2.04. The number of amides is 1. The number of nitrogens with two attached hydrogens (primary N) is 1. The SMILES string of the molecule is NCCCCCCC(=O)Nc1cnc(-c2ccccc2)nc1. The van der Waals surface area contributed by atoms with Crippen LogP contribution in [0.3, 0.4) is 0 Å². The molecule has 3 N–H and O–H groups in total. The Labute approximate surface area is 131 Å². The van der Waals surface area contributed by atoms with Crippen molar-refractivity contribution in [2.24, 2.45) is 5.73 Å². The second-order valence-corrected chi connectivity index (χ2v) is 5.16. The summed E-state index contributed by atoms with van der Waals surface area (Å²) in [6.45, 7) is 0.720. The lowest BCUT2D eigenvalue weighted by atomic mass is 10.1. The molecule has 22 heavy (non-hydrogen) atoms. The lowest BCUT2D eigenvalue weighted by Gasteiger charge is -2.05. The summed E-state index contributed by atoms with van der Waals surface area (Å²) in [5.74, 6) is 0.657. The van der Waals surface area contributed by atoms with Crippen LogP contribution in [0.4, 0.5) is 5.69 Å². The molecule has 0 aliphatic carbocycles. The number of carbonyl (C=O) groups excluding carboxylic acids is 1. The van der Waals surface area contributed by atoms with Crippen LogP contribution in [0.25, 0.3) is 11.4 Å². The number of nitrogens with one attached hydrogen (secondary N) is 1. The molecule has 116 valence electrons. The topological polar surface area (TPSA) is 80.9 Å². The van der Waals surface area contributed by atoms with Gasteiger partial charge in [0.25, 0.3) is 0 Å². The van der Waals surface area contributed by atoms with Gasteiger partial charge >= 0.3 is 0 Å². The molecule has 1 aromatic heterocycles. The average molecular weight is 298 g/mol. The maximum absolute atomic E-state index is 11.8. The minimum absolute atomic E-state index is 0.00353. The van der Waals surface area contributed by atoms with E-state index in [2.05, 4.69) is 15.3 Å². The van der Waals surface area contributed by atoms with Gasteiger partial charge in [-0.2, -0.15) is 0 Å². The molecule has 0 atom stereocenters. The van der Waals surface area contributed by atoms with Crippen molar-refractivity contribution in [3.05, 3.63) is 42.7 Å². The normalized spacial score (nSPS) is 10.4. The summed E-state index contributed by atoms with van der Waals surface area (Å²) in [5.41, 5.74) is 7.02. The zero-order valence-corrected chi connectivity index (χ0v) is 12.7. The molecule has 1 aromatic carbocycles. The lowest BCUT2D eigenvalue weighted by molar-refractivity contribution is -0.116. The predicted octanol–water partition coefficient (Wildman–Crippen LogP) is 2.99. The van der Waals surface area contributed by atoms with Crippen LogP contribution in [0.2, 0.25) is 0 Å². The molecule has 1 heterocycles. The number of aromatic nitrogens is 2. The fourth-order valence-electron chi connectivity index (χ4n) is 2.14. The third kappa shape index (κ3) is 5.26. The molecule has 0 aliphatic rings. The van der Waals surface area contributed by atoms with Crippen LogP contribution in [-0.4, -0.2) is 22.4 Å². The smallest absolute Gasteiger partial charge is 0.224 e. The first-order chi connectivity index (χ1) is 10.8. The molecule has 0 fully saturated rings. The standard InChI is InChI=1S/C17H22N4O/c18-11-7-2-1-6-10-16(22)21-15-12-19-17(20-13-15)14-8-4-3-5-9-14/h3-5,8-9,12-13H,1-2,6-7,10-11,18H2,(H,21,22). The highest BCUT2D eigenvalue weighted by atomic mass is 16.1. The first kappa shape index (κ1) is 16.1. The van der Waals surface area contributed by atoms with Gasteiger partial charge in [0.2, 0.25) is 5.91 Å². The molecule has 2 rings (SSSR count). The van der Waals surface area contributed by atoms with E-state index < -0.39 is 0 Å². The summed E-state index contributed by atoms with van der Waals surface area (Å²) in [6, 6.07) is 9.74. The van der Waals surface area contributed by atoms with Crippen molar-refractivity contribution >= 4 is 11.6 Å². The van der Waals surface area contributed by atoms with Crippen LogP contribution < -0.4 is 11.1 Å². The Balaban J connectivity index is 1.80. The van der Waals surface area contributed by atoms with Gasteiger partial charge in [-0.1, -0.05) is 43.2 Å². The van der Waals surface area contributed by atoms with E-state index in [4.69, 9.17) is 5.73 Å². The molecule has 1 amide bonds. The van der Waals surface area contributed by atoms with Gasteiger partial charge in [0.15, 0.2) is 5.82 Å². The van der Waals surface area contributed by atoms with Gasteiger partial charge in [-0.05, 0) is 19.4 Å². The van der Waals surface area contributed by atoms with Crippen molar-refractivity contribution in [2.75, 3.05) is 11.9 Å². The van der Waals surface area contributed by atoms with E-state index in [0.29, 0.717) is 17.9 Å². The van der Waals surface area contributed by atoms with Gasteiger partial charge in [0.05, 0.1) is 18.1 Å². The van der Waals surface area contributed by atoms with Crippen LogP contribution in [-0.2, 0) is 4.79 Å². The van der Waals surface area contributed by atoms with Gasteiger partial charge in [0, 0.05) is 12.0 Å². The molecule has 0 unspecified atom stereocenters. The summed E-state index contributed by atoms with van der Waals surface area (Å²) in [4.78, 5) is 20.4. The van der Waals surface area contributed by atoms with E-state index in [-0.39, 0.29) is 5.91 Å². The molecule has 2 aromatic rings. The van der Waals surface area contributed by atoms with E-state index in [1.807, 2.05) is 30.3 Å². The maximum Gasteiger partial charge on any atom is 0.224 e. The lowest BCUT2D eigenvalue weighted by Crippen LogP contribution is -2.11. The number of hydrogen-bond donors (Lipinski definition) is 2. The molecular formula is C17H22N4O. The summed E-state index contributed by atoms with van der Waals surface area (Å²) >= 11 is 0. The molecule has 0 bridgehead atoms. The third-order valence-corrected chi connectivity index (χ3v) is 3.33. The molecule has 0 spiro atoms. The maximum atomic E-state index is 11.8. The molecule has 5 nitrogen and oxygen atoms in total. The van der Waals surface area contributed by atoms with Crippen LogP contribution in [0.5, 0.6) is 0 Å². The highest BCUT2D eigenvalue weighted by Crippen LogP contribution is 2.15. The fraction of sp³-hybridized carbons (Fsp3) is 0.353. The quantitative estimate of drug-likeness (QED) is 0.734. The van der Waals surface area contributed by atoms with E-state index in [1.165, 1.54) is 0 Å². The van der Waals surface area contributed by atoms with Crippen molar-refractivity contribution in [1.29, 1.82) is 0 Å². The molecule has 0 radical (unpaired) electrons. The second kappa shape index (κ2) is 8.89. The summed E-state index contributed by atoms with van der Waals surface area (Å²) < 4.78 is 0. The van der Waals surface area contributed by atoms with Crippen molar-refractivity contribution in [2.45, 2.75) is 32.1 Å². The van der Waals surface area contributed by atoms with Gasteiger partial charge in [-0.25, -0.2) is 9.97 Å². The minimum Gasteiger partial charge on any atom is -0.330 e. The predicted molar refractivity (Wildman–Crippen MR) is 88.2 cm³/mol. The number of rotatable bonds is 8.